The van der Waals surface area contributed by atoms with E-state index in [-0.39, 0.29) is 18.3 Å². The van der Waals surface area contributed by atoms with Crippen LogP contribution in [0.25, 0.3) is 0 Å². The molecule has 0 aliphatic carbocycles. The maximum atomic E-state index is 12.2. The summed E-state index contributed by atoms with van der Waals surface area (Å²) < 4.78 is 9.85. The number of hydrogen-bond acceptors (Lipinski definition) is 5. The van der Waals surface area contributed by atoms with Crippen LogP contribution in [-0.4, -0.2) is 50.2 Å². The summed E-state index contributed by atoms with van der Waals surface area (Å²) in [6, 6.07) is 3.61. The number of ether oxygens (including phenoxy) is 2. The fraction of sp³-hybridized carbons (Fsp3) is 0.538. The largest absolute Gasteiger partial charge is 0.466 e. The van der Waals surface area contributed by atoms with Gasteiger partial charge < -0.3 is 14.4 Å². The summed E-state index contributed by atoms with van der Waals surface area (Å²) in [6.45, 7) is 3.37. The Morgan fingerprint density at radius 2 is 2.16 bits per heavy atom. The van der Waals surface area contributed by atoms with Crippen molar-refractivity contribution in [3.63, 3.8) is 0 Å². The average Bonchev–Trinajstić information content (AvgIpc) is 2.92. The molecule has 1 heterocycles. The maximum Gasteiger partial charge on any atom is 0.307 e. The zero-order valence-electron chi connectivity index (χ0n) is 11.3. The van der Waals surface area contributed by atoms with Gasteiger partial charge in [-0.25, -0.2) is 0 Å². The first-order valence-electron chi connectivity index (χ1n) is 6.16. The van der Waals surface area contributed by atoms with E-state index < -0.39 is 0 Å². The Labute approximate surface area is 117 Å². The van der Waals surface area contributed by atoms with Crippen molar-refractivity contribution >= 4 is 23.2 Å². The molecule has 0 saturated carbocycles. The van der Waals surface area contributed by atoms with E-state index in [1.54, 1.807) is 25.0 Å². The molecule has 1 aromatic rings. The number of thiophene rings is 1. The normalized spacial score (nSPS) is 10.2. The molecule has 5 nitrogen and oxygen atoms in total. The van der Waals surface area contributed by atoms with Crippen LogP contribution in [-0.2, 0) is 14.3 Å². The smallest absolute Gasteiger partial charge is 0.307 e. The highest BCUT2D eigenvalue weighted by Crippen LogP contribution is 2.12. The summed E-state index contributed by atoms with van der Waals surface area (Å²) in [5, 5.41) is 1.85. The minimum Gasteiger partial charge on any atom is -0.466 e. The fourth-order valence-electron chi connectivity index (χ4n) is 1.53. The molecule has 1 amide bonds. The molecule has 0 aliphatic rings. The van der Waals surface area contributed by atoms with Crippen molar-refractivity contribution in [2.24, 2.45) is 0 Å². The summed E-state index contributed by atoms with van der Waals surface area (Å²) >= 11 is 1.39. The van der Waals surface area contributed by atoms with Crippen molar-refractivity contribution in [2.75, 3.05) is 33.4 Å². The van der Waals surface area contributed by atoms with Gasteiger partial charge in [0.05, 0.1) is 24.5 Å². The molecule has 0 fully saturated rings. The Bertz CT molecular complexity index is 391. The fourth-order valence-corrected chi connectivity index (χ4v) is 2.22. The second-order valence-corrected chi connectivity index (χ2v) is 4.77. The first kappa shape index (κ1) is 15.7. The predicted molar refractivity (Wildman–Crippen MR) is 73.3 cm³/mol. The molecule has 106 valence electrons. The Balaban J connectivity index is 2.56. The third kappa shape index (κ3) is 5.40. The molecule has 0 radical (unpaired) electrons. The molecule has 0 N–H and O–H groups in total. The molecule has 6 heteroatoms. The van der Waals surface area contributed by atoms with E-state index in [1.807, 2.05) is 11.4 Å². The Morgan fingerprint density at radius 1 is 1.37 bits per heavy atom. The monoisotopic (exact) mass is 285 g/mol. The minimum atomic E-state index is -0.288. The van der Waals surface area contributed by atoms with Crippen molar-refractivity contribution in [3.05, 3.63) is 22.4 Å². The predicted octanol–water partition coefficient (Wildman–Crippen LogP) is 1.79. The Hall–Kier alpha value is -1.40. The van der Waals surface area contributed by atoms with Gasteiger partial charge in [-0.1, -0.05) is 6.07 Å². The summed E-state index contributed by atoms with van der Waals surface area (Å²) in [6.07, 6.45) is 0.203. The lowest BCUT2D eigenvalue weighted by molar-refractivity contribution is -0.143. The number of carbonyl (C=O) groups is 2. The number of hydrogen-bond donors (Lipinski definition) is 0. The Morgan fingerprint density at radius 3 is 2.74 bits per heavy atom. The molecule has 0 saturated heterocycles. The summed E-state index contributed by atoms with van der Waals surface area (Å²) in [7, 11) is 1.58. The van der Waals surface area contributed by atoms with E-state index in [0.29, 0.717) is 31.2 Å². The van der Waals surface area contributed by atoms with Crippen LogP contribution in [0.2, 0.25) is 0 Å². The van der Waals surface area contributed by atoms with E-state index in [1.165, 1.54) is 11.3 Å². The number of esters is 1. The third-order valence-electron chi connectivity index (χ3n) is 2.48. The molecule has 0 spiro atoms. The molecule has 1 rings (SSSR count). The van der Waals surface area contributed by atoms with Gasteiger partial charge in [0.2, 0.25) is 0 Å². The van der Waals surface area contributed by atoms with Crippen LogP contribution in [0, 0.1) is 0 Å². The first-order chi connectivity index (χ1) is 9.19. The highest BCUT2D eigenvalue weighted by molar-refractivity contribution is 7.12. The van der Waals surface area contributed by atoms with Gasteiger partial charge in [0.15, 0.2) is 0 Å². The van der Waals surface area contributed by atoms with E-state index in [0.717, 1.165) is 0 Å². The van der Waals surface area contributed by atoms with Gasteiger partial charge in [-0.3, -0.25) is 9.59 Å². The summed E-state index contributed by atoms with van der Waals surface area (Å²) in [5.74, 6) is -0.361. The lowest BCUT2D eigenvalue weighted by Crippen LogP contribution is -2.35. The number of carbonyl (C=O) groups excluding carboxylic acids is 2. The van der Waals surface area contributed by atoms with E-state index >= 15 is 0 Å². The number of rotatable bonds is 8. The standard InChI is InChI=1S/C13H19NO4S/c1-3-18-12(15)6-7-14(8-9-17-2)13(16)11-5-4-10-19-11/h4-5,10H,3,6-9H2,1-2H3. The van der Waals surface area contributed by atoms with Crippen LogP contribution in [0.4, 0.5) is 0 Å². The van der Waals surface area contributed by atoms with Crippen molar-refractivity contribution in [3.8, 4) is 0 Å². The van der Waals surface area contributed by atoms with Crippen LogP contribution >= 0.6 is 11.3 Å². The van der Waals surface area contributed by atoms with Crippen molar-refractivity contribution < 1.29 is 19.1 Å². The van der Waals surface area contributed by atoms with Crippen molar-refractivity contribution in [1.82, 2.24) is 4.90 Å². The van der Waals surface area contributed by atoms with Crippen LogP contribution in [0.1, 0.15) is 23.0 Å². The Kier molecular flexibility index (Phi) is 7.14. The second-order valence-electron chi connectivity index (χ2n) is 3.82. The molecular formula is C13H19NO4S. The zero-order valence-corrected chi connectivity index (χ0v) is 12.1. The highest BCUT2D eigenvalue weighted by Gasteiger charge is 2.17. The molecule has 0 aromatic carbocycles. The number of nitrogens with zero attached hydrogens (tertiary/aromatic N) is 1. The lowest BCUT2D eigenvalue weighted by atomic mass is 10.3. The molecule has 0 atom stereocenters. The second kappa shape index (κ2) is 8.66. The number of methoxy groups -OCH3 is 1. The van der Waals surface area contributed by atoms with Crippen LogP contribution < -0.4 is 0 Å². The van der Waals surface area contributed by atoms with Gasteiger partial charge >= 0.3 is 5.97 Å². The topological polar surface area (TPSA) is 55.8 Å². The van der Waals surface area contributed by atoms with Crippen molar-refractivity contribution in [1.29, 1.82) is 0 Å². The van der Waals surface area contributed by atoms with E-state index in [4.69, 9.17) is 9.47 Å². The van der Waals surface area contributed by atoms with E-state index in [2.05, 4.69) is 0 Å². The van der Waals surface area contributed by atoms with E-state index in [9.17, 15) is 9.59 Å². The molecule has 1 aromatic heterocycles. The van der Waals surface area contributed by atoms with Gasteiger partial charge in [0.1, 0.15) is 0 Å². The molecule has 0 unspecified atom stereocenters. The van der Waals surface area contributed by atoms with Gasteiger partial charge in [0, 0.05) is 20.2 Å². The average molecular weight is 285 g/mol. The van der Waals surface area contributed by atoms with Crippen LogP contribution in [0.15, 0.2) is 17.5 Å². The zero-order chi connectivity index (χ0) is 14.1. The molecule has 0 aliphatic heterocycles. The molecule has 19 heavy (non-hydrogen) atoms. The van der Waals surface area contributed by atoms with Crippen molar-refractivity contribution in [2.45, 2.75) is 13.3 Å². The molecule has 0 bridgehead atoms. The first-order valence-corrected chi connectivity index (χ1v) is 7.04. The lowest BCUT2D eigenvalue weighted by Gasteiger charge is -2.21. The molecular weight excluding hydrogens is 266 g/mol. The summed E-state index contributed by atoms with van der Waals surface area (Å²) in [4.78, 5) is 25.8. The van der Waals surface area contributed by atoms with Gasteiger partial charge in [-0.05, 0) is 18.4 Å². The minimum absolute atomic E-state index is 0.0728. The highest BCUT2D eigenvalue weighted by atomic mass is 32.1. The van der Waals surface area contributed by atoms with Gasteiger partial charge in [0.25, 0.3) is 5.91 Å². The maximum absolute atomic E-state index is 12.2. The van der Waals surface area contributed by atoms with Gasteiger partial charge in [-0.2, -0.15) is 0 Å². The third-order valence-corrected chi connectivity index (χ3v) is 3.33. The van der Waals surface area contributed by atoms with Crippen LogP contribution in [0.3, 0.4) is 0 Å². The van der Waals surface area contributed by atoms with Crippen LogP contribution in [0.5, 0.6) is 0 Å². The number of amides is 1. The quantitative estimate of drug-likeness (QED) is 0.683. The van der Waals surface area contributed by atoms with Gasteiger partial charge in [-0.15, -0.1) is 11.3 Å². The summed E-state index contributed by atoms with van der Waals surface area (Å²) in [5.41, 5.74) is 0. The SMILES string of the molecule is CCOC(=O)CCN(CCOC)C(=O)c1cccs1.